The van der Waals surface area contributed by atoms with Crippen molar-refractivity contribution in [2.45, 2.75) is 78.7 Å². The second-order valence-corrected chi connectivity index (χ2v) is 15.7. The molecule has 0 unspecified atom stereocenters. The fourth-order valence-electron chi connectivity index (χ4n) is 6.72. The zero-order chi connectivity index (χ0) is 37.0. The van der Waals surface area contributed by atoms with Crippen molar-refractivity contribution >= 4 is 34.9 Å². The van der Waals surface area contributed by atoms with E-state index < -0.39 is 28.9 Å². The number of carbonyl (C=O) groups is 4. The fourth-order valence-corrected chi connectivity index (χ4v) is 6.72. The summed E-state index contributed by atoms with van der Waals surface area (Å²) in [6, 6.07) is 19.8. The minimum absolute atomic E-state index is 0.00644. The highest BCUT2D eigenvalue weighted by molar-refractivity contribution is 6.08. The van der Waals surface area contributed by atoms with E-state index in [2.05, 4.69) is 0 Å². The average Bonchev–Trinajstić information content (AvgIpc) is 3.62. The number of rotatable bonds is 4. The minimum atomic E-state index is -0.814. The lowest BCUT2D eigenvalue weighted by atomic mass is 9.92. The molecule has 3 heterocycles. The zero-order valence-corrected chi connectivity index (χ0v) is 30.6. The number of nitrogens with zero attached hydrogens (tertiary/aromatic N) is 4. The highest BCUT2D eigenvalue weighted by atomic mass is 16.6. The van der Waals surface area contributed by atoms with E-state index in [1.54, 1.807) is 71.9 Å². The van der Waals surface area contributed by atoms with E-state index in [-0.39, 0.29) is 24.1 Å². The Morgan fingerprint density at radius 3 is 1.96 bits per heavy atom. The number of piperazine rings is 1. The van der Waals surface area contributed by atoms with Crippen LogP contribution in [0.4, 0.5) is 9.59 Å². The predicted octanol–water partition coefficient (Wildman–Crippen LogP) is 7.38. The lowest BCUT2D eigenvalue weighted by Crippen LogP contribution is -2.51. The molecule has 0 aliphatic carbocycles. The maximum atomic E-state index is 14.3. The number of carbonyl (C=O) groups excluding carboxylic acids is 4. The second kappa shape index (κ2) is 12.8. The summed E-state index contributed by atoms with van der Waals surface area (Å²) in [6.07, 6.45) is -1.04. The molecule has 2 aliphatic rings. The highest BCUT2D eigenvalue weighted by Gasteiger charge is 2.42. The molecule has 0 saturated carbocycles. The molecule has 3 aromatic carbocycles. The quantitative estimate of drug-likeness (QED) is 0.237. The Morgan fingerprint density at radius 1 is 0.725 bits per heavy atom. The molecule has 1 N–H and O–H groups in total. The molecule has 51 heavy (non-hydrogen) atoms. The van der Waals surface area contributed by atoms with Crippen LogP contribution in [-0.4, -0.2) is 85.8 Å². The molecule has 11 heteroatoms. The Bertz CT molecular complexity index is 2030. The number of aromatic nitrogens is 1. The molecule has 11 nitrogen and oxygen atoms in total. The molecule has 268 valence electrons. The number of aromatic hydroxyl groups is 1. The minimum Gasteiger partial charge on any atom is -0.508 e. The van der Waals surface area contributed by atoms with Gasteiger partial charge >= 0.3 is 12.2 Å². The SMILES string of the molecule is CC(C)(C)OC(=O)N1CCN(C(=O)c2ccc3c(c2)cc(-c2ccc(O)c4c2C(=O)N(C(C)(C)c2ccccc2)C4)n3C(=O)OC(C)(C)C)CC1. The van der Waals surface area contributed by atoms with Gasteiger partial charge in [0.05, 0.1) is 28.9 Å². The van der Waals surface area contributed by atoms with Gasteiger partial charge in [-0.05, 0) is 97.4 Å². The number of fused-ring (bicyclic) bond motifs is 2. The van der Waals surface area contributed by atoms with Gasteiger partial charge in [-0.3, -0.25) is 9.59 Å². The first-order chi connectivity index (χ1) is 23.9. The maximum Gasteiger partial charge on any atom is 0.419 e. The standard InChI is InChI=1S/C40H46N4O7/c1-38(2,3)50-36(48)42-20-18-41(19-21-42)34(46)25-14-16-30-26(22-25)23-31(44(30)37(49)51-39(4,5)6)28-15-17-32(45)29-24-43(35(47)33(28)29)40(7,8)27-12-10-9-11-13-27/h9-17,22-23,45H,18-21,24H2,1-8H3. The van der Waals surface area contributed by atoms with Gasteiger partial charge in [-0.25, -0.2) is 14.2 Å². The van der Waals surface area contributed by atoms with Crippen LogP contribution in [0, 0.1) is 0 Å². The van der Waals surface area contributed by atoms with E-state index in [0.29, 0.717) is 65.0 Å². The smallest absolute Gasteiger partial charge is 0.419 e. The molecule has 1 aromatic heterocycles. The van der Waals surface area contributed by atoms with Gasteiger partial charge < -0.3 is 29.3 Å². The van der Waals surface area contributed by atoms with Crippen molar-refractivity contribution in [1.29, 1.82) is 0 Å². The van der Waals surface area contributed by atoms with Crippen LogP contribution >= 0.6 is 0 Å². The van der Waals surface area contributed by atoms with Crippen LogP contribution in [0.2, 0.25) is 0 Å². The Balaban J connectivity index is 1.37. The second-order valence-electron chi connectivity index (χ2n) is 15.7. The molecule has 2 aliphatic heterocycles. The molecule has 0 radical (unpaired) electrons. The zero-order valence-electron chi connectivity index (χ0n) is 30.6. The van der Waals surface area contributed by atoms with Crippen LogP contribution in [0.15, 0.2) is 66.7 Å². The summed E-state index contributed by atoms with van der Waals surface area (Å²) in [5.74, 6) is -0.480. The van der Waals surface area contributed by atoms with Crippen molar-refractivity contribution in [1.82, 2.24) is 19.3 Å². The van der Waals surface area contributed by atoms with E-state index in [1.165, 1.54) is 4.57 Å². The Labute approximate surface area is 298 Å². The lowest BCUT2D eigenvalue weighted by molar-refractivity contribution is 0.0140. The van der Waals surface area contributed by atoms with E-state index in [1.807, 2.05) is 65.0 Å². The number of phenols is 1. The number of amides is 3. The van der Waals surface area contributed by atoms with Crippen molar-refractivity contribution in [2.24, 2.45) is 0 Å². The Hall–Kier alpha value is -5.32. The molecule has 1 fully saturated rings. The van der Waals surface area contributed by atoms with Gasteiger partial charge in [0.2, 0.25) is 0 Å². The van der Waals surface area contributed by atoms with Crippen molar-refractivity contribution < 1.29 is 33.8 Å². The van der Waals surface area contributed by atoms with Gasteiger partial charge in [-0.2, -0.15) is 0 Å². The summed E-state index contributed by atoms with van der Waals surface area (Å²) in [5.41, 5.74) is 1.39. The maximum absolute atomic E-state index is 14.3. The van der Waals surface area contributed by atoms with Crippen molar-refractivity contribution in [3.05, 3.63) is 89.0 Å². The summed E-state index contributed by atoms with van der Waals surface area (Å²) in [7, 11) is 0. The molecule has 6 rings (SSSR count). The first kappa shape index (κ1) is 35.5. The van der Waals surface area contributed by atoms with Crippen LogP contribution in [0.5, 0.6) is 5.75 Å². The van der Waals surface area contributed by atoms with Gasteiger partial charge in [0.1, 0.15) is 17.0 Å². The predicted molar refractivity (Wildman–Crippen MR) is 194 cm³/mol. The van der Waals surface area contributed by atoms with Gasteiger partial charge in [0.15, 0.2) is 0 Å². The van der Waals surface area contributed by atoms with Crippen LogP contribution < -0.4 is 0 Å². The van der Waals surface area contributed by atoms with Gasteiger partial charge in [-0.15, -0.1) is 0 Å². The van der Waals surface area contributed by atoms with Gasteiger partial charge in [0.25, 0.3) is 11.8 Å². The number of phenolic OH excluding ortho intramolecular Hbond substituents is 1. The molecule has 3 amide bonds. The van der Waals surface area contributed by atoms with Crippen molar-refractivity contribution in [3.8, 4) is 17.0 Å². The largest absolute Gasteiger partial charge is 0.508 e. The topological polar surface area (TPSA) is 122 Å². The summed E-state index contributed by atoms with van der Waals surface area (Å²) in [4.78, 5) is 59.6. The molecular formula is C40H46N4O7. The highest BCUT2D eigenvalue weighted by Crippen LogP contribution is 2.44. The molecule has 0 bridgehead atoms. The third-order valence-electron chi connectivity index (χ3n) is 9.34. The number of hydrogen-bond donors (Lipinski definition) is 1. The Morgan fingerprint density at radius 2 is 1.33 bits per heavy atom. The average molecular weight is 695 g/mol. The monoisotopic (exact) mass is 694 g/mol. The van der Waals surface area contributed by atoms with Crippen LogP contribution in [-0.2, 0) is 21.6 Å². The first-order valence-corrected chi connectivity index (χ1v) is 17.2. The summed E-state index contributed by atoms with van der Waals surface area (Å²) in [5, 5.41) is 11.6. The fraction of sp³-hybridized carbons (Fsp3) is 0.400. The molecular weight excluding hydrogens is 648 g/mol. The van der Waals surface area contributed by atoms with Gasteiger partial charge in [-0.1, -0.05) is 30.3 Å². The van der Waals surface area contributed by atoms with E-state index in [0.717, 1.165) is 5.56 Å². The Kier molecular flexibility index (Phi) is 8.90. The number of benzene rings is 3. The third-order valence-corrected chi connectivity index (χ3v) is 9.34. The molecule has 4 aromatic rings. The van der Waals surface area contributed by atoms with E-state index in [4.69, 9.17) is 9.47 Å². The molecule has 0 spiro atoms. The first-order valence-electron chi connectivity index (χ1n) is 17.2. The normalized spacial score (nSPS) is 15.3. The summed E-state index contributed by atoms with van der Waals surface area (Å²) >= 11 is 0. The van der Waals surface area contributed by atoms with Crippen LogP contribution in [0.3, 0.4) is 0 Å². The molecule has 0 atom stereocenters. The lowest BCUT2D eigenvalue weighted by Gasteiger charge is -2.36. The van der Waals surface area contributed by atoms with Crippen molar-refractivity contribution in [3.63, 3.8) is 0 Å². The van der Waals surface area contributed by atoms with Crippen molar-refractivity contribution in [2.75, 3.05) is 26.2 Å². The number of hydrogen-bond acceptors (Lipinski definition) is 7. The number of ether oxygens (including phenoxy) is 2. The van der Waals surface area contributed by atoms with E-state index in [9.17, 15) is 24.3 Å². The summed E-state index contributed by atoms with van der Waals surface area (Å²) < 4.78 is 12.8. The van der Waals surface area contributed by atoms with Crippen LogP contribution in [0.1, 0.15) is 87.2 Å². The van der Waals surface area contributed by atoms with Crippen LogP contribution in [0.25, 0.3) is 22.2 Å². The third kappa shape index (κ3) is 6.89. The van der Waals surface area contributed by atoms with E-state index >= 15 is 0 Å². The van der Waals surface area contributed by atoms with Gasteiger partial charge in [0, 0.05) is 48.3 Å². The summed E-state index contributed by atoms with van der Waals surface area (Å²) in [6.45, 7) is 16.3. The molecule has 1 saturated heterocycles.